The third-order valence-electron chi connectivity index (χ3n) is 6.29. The molecular formula is C23H28F3N7O2. The van der Waals surface area contributed by atoms with E-state index < -0.39 is 11.9 Å². The van der Waals surface area contributed by atoms with Crippen LogP contribution in [-0.4, -0.2) is 51.9 Å². The Labute approximate surface area is 200 Å². The van der Waals surface area contributed by atoms with Crippen molar-refractivity contribution in [3.63, 3.8) is 0 Å². The number of aromatic nitrogens is 3. The average molecular weight is 492 g/mol. The van der Waals surface area contributed by atoms with Crippen molar-refractivity contribution in [1.82, 2.24) is 20.3 Å². The molecule has 188 valence electrons. The second-order valence-corrected chi connectivity index (χ2v) is 9.42. The summed E-state index contributed by atoms with van der Waals surface area (Å²) in [6, 6.07) is 1.83. The number of hydrogen-bond donors (Lipinski definition) is 3. The molecule has 1 fully saturated rings. The van der Waals surface area contributed by atoms with Crippen LogP contribution in [0.5, 0.6) is 0 Å². The van der Waals surface area contributed by atoms with Crippen molar-refractivity contribution in [1.29, 1.82) is 0 Å². The van der Waals surface area contributed by atoms with Crippen molar-refractivity contribution in [3.8, 4) is 0 Å². The molecule has 4 rings (SSSR count). The summed E-state index contributed by atoms with van der Waals surface area (Å²) in [5.41, 5.74) is 0.700. The molecule has 0 bridgehead atoms. The van der Waals surface area contributed by atoms with Crippen LogP contribution >= 0.6 is 0 Å². The smallest absolute Gasteiger partial charge is 0.353 e. The molecule has 35 heavy (non-hydrogen) atoms. The van der Waals surface area contributed by atoms with E-state index in [1.165, 1.54) is 6.07 Å². The number of anilines is 3. The minimum atomic E-state index is -4.51. The first-order valence-electron chi connectivity index (χ1n) is 11.4. The van der Waals surface area contributed by atoms with Gasteiger partial charge in [-0.1, -0.05) is 19.9 Å². The number of halogens is 3. The summed E-state index contributed by atoms with van der Waals surface area (Å²) in [6.45, 7) is 5.78. The third kappa shape index (κ3) is 5.30. The van der Waals surface area contributed by atoms with E-state index in [1.807, 2.05) is 32.7 Å². The molecule has 2 aromatic rings. The summed E-state index contributed by atoms with van der Waals surface area (Å²) in [5.74, 6) is 0.874. The van der Waals surface area contributed by atoms with Crippen molar-refractivity contribution < 1.29 is 22.8 Å². The lowest BCUT2D eigenvalue weighted by Gasteiger charge is -2.38. The number of pyridine rings is 1. The Morgan fingerprint density at radius 1 is 1.23 bits per heavy atom. The maximum atomic E-state index is 12.6. The highest BCUT2D eigenvalue weighted by molar-refractivity contribution is 6.03. The largest absolute Gasteiger partial charge is 0.433 e. The predicted molar refractivity (Wildman–Crippen MR) is 124 cm³/mol. The predicted octanol–water partition coefficient (Wildman–Crippen LogP) is 2.91. The number of rotatable bonds is 6. The van der Waals surface area contributed by atoms with Crippen molar-refractivity contribution in [2.75, 3.05) is 22.6 Å². The fraction of sp³-hybridized carbons (Fsp3) is 0.522. The van der Waals surface area contributed by atoms with Crippen molar-refractivity contribution in [2.45, 2.75) is 64.3 Å². The first-order chi connectivity index (χ1) is 16.4. The van der Waals surface area contributed by atoms with E-state index >= 15 is 0 Å². The topological polar surface area (TPSA) is 112 Å². The fourth-order valence-corrected chi connectivity index (χ4v) is 4.48. The Morgan fingerprint density at radius 3 is 2.54 bits per heavy atom. The highest BCUT2D eigenvalue weighted by Crippen LogP contribution is 2.35. The Balaban J connectivity index is 1.30. The van der Waals surface area contributed by atoms with Crippen LogP contribution in [0.3, 0.4) is 0 Å². The van der Waals surface area contributed by atoms with E-state index in [-0.39, 0.29) is 42.3 Å². The maximum Gasteiger partial charge on any atom is 0.433 e. The van der Waals surface area contributed by atoms with Gasteiger partial charge in [-0.3, -0.25) is 14.6 Å². The number of hydrogen-bond acceptors (Lipinski definition) is 7. The van der Waals surface area contributed by atoms with Gasteiger partial charge in [0.2, 0.25) is 17.8 Å². The molecule has 1 saturated carbocycles. The normalized spacial score (nSPS) is 21.8. The van der Waals surface area contributed by atoms with E-state index in [1.54, 1.807) is 0 Å². The van der Waals surface area contributed by atoms with Crippen LogP contribution in [0.4, 0.5) is 30.6 Å². The number of carbonyl (C=O) groups is 2. The van der Waals surface area contributed by atoms with Gasteiger partial charge in [0.15, 0.2) is 5.82 Å². The molecule has 0 spiro atoms. The van der Waals surface area contributed by atoms with Crippen LogP contribution in [0.25, 0.3) is 0 Å². The molecular weight excluding hydrogens is 463 g/mol. The second kappa shape index (κ2) is 9.31. The van der Waals surface area contributed by atoms with Gasteiger partial charge in [0, 0.05) is 25.3 Å². The van der Waals surface area contributed by atoms with Gasteiger partial charge >= 0.3 is 6.18 Å². The number of nitrogens with zero attached hydrogens (tertiary/aromatic N) is 4. The first kappa shape index (κ1) is 24.7. The first-order valence-corrected chi connectivity index (χ1v) is 11.4. The number of amides is 2. The van der Waals surface area contributed by atoms with Gasteiger partial charge in [0.25, 0.3) is 0 Å². The van der Waals surface area contributed by atoms with Gasteiger partial charge in [-0.15, -0.1) is 0 Å². The molecule has 2 amide bonds. The van der Waals surface area contributed by atoms with E-state index in [9.17, 15) is 22.8 Å². The Morgan fingerprint density at radius 2 is 1.94 bits per heavy atom. The molecule has 1 aliphatic carbocycles. The minimum absolute atomic E-state index is 0.0397. The fourth-order valence-electron chi connectivity index (χ4n) is 4.48. The van der Waals surface area contributed by atoms with E-state index in [2.05, 4.69) is 30.9 Å². The summed E-state index contributed by atoms with van der Waals surface area (Å²) in [5, 5.41) is 9.10. The molecule has 12 heteroatoms. The Bertz CT molecular complexity index is 1120. The highest BCUT2D eigenvalue weighted by atomic mass is 19.4. The van der Waals surface area contributed by atoms with Gasteiger partial charge < -0.3 is 20.9 Å². The van der Waals surface area contributed by atoms with Crippen LogP contribution in [0.1, 0.15) is 43.6 Å². The third-order valence-corrected chi connectivity index (χ3v) is 6.29. The molecule has 3 N–H and O–H groups in total. The van der Waals surface area contributed by atoms with Crippen LogP contribution in [0.2, 0.25) is 0 Å². The summed E-state index contributed by atoms with van der Waals surface area (Å²) in [6.07, 6.45) is -2.14. The van der Waals surface area contributed by atoms with Crippen molar-refractivity contribution >= 4 is 29.3 Å². The zero-order chi connectivity index (χ0) is 25.5. The Hall–Kier alpha value is -3.44. The van der Waals surface area contributed by atoms with E-state index in [0.717, 1.165) is 12.3 Å². The number of nitrogens with one attached hydrogen (secondary N) is 3. The number of carbonyl (C=O) groups excluding carboxylic acids is 2. The van der Waals surface area contributed by atoms with Gasteiger partial charge in [0.1, 0.15) is 17.4 Å². The van der Waals surface area contributed by atoms with Gasteiger partial charge in [-0.05, 0) is 37.3 Å². The zero-order valence-electron chi connectivity index (χ0n) is 19.9. The van der Waals surface area contributed by atoms with E-state index in [4.69, 9.17) is 0 Å². The average Bonchev–Trinajstić information content (AvgIpc) is 2.72. The summed E-state index contributed by atoms with van der Waals surface area (Å²) in [4.78, 5) is 39.1. The molecule has 1 atom stereocenters. The molecule has 2 aliphatic rings. The van der Waals surface area contributed by atoms with Gasteiger partial charge in [0.05, 0.1) is 12.1 Å². The van der Waals surface area contributed by atoms with Gasteiger partial charge in [-0.25, -0.2) is 4.98 Å². The lowest BCUT2D eigenvalue weighted by Crippen LogP contribution is -2.51. The number of fused-ring (bicyclic) bond motifs is 1. The number of alkyl halides is 3. The Kier molecular flexibility index (Phi) is 6.56. The zero-order valence-corrected chi connectivity index (χ0v) is 19.9. The van der Waals surface area contributed by atoms with Crippen LogP contribution < -0.4 is 20.9 Å². The summed E-state index contributed by atoms with van der Waals surface area (Å²) >= 11 is 0. The second-order valence-electron chi connectivity index (χ2n) is 9.42. The van der Waals surface area contributed by atoms with Crippen LogP contribution in [0, 0.1) is 12.8 Å². The lowest BCUT2D eigenvalue weighted by molar-refractivity contribution is -0.141. The quantitative estimate of drug-likeness (QED) is 0.570. The SMILES string of the molecule is Cc1nc(NC2CC(NC(=O)Cc3ccc(C(F)(F)F)nc3)C2)nc2c1NC(=O)[C@H](C(C)C)N2C. The van der Waals surface area contributed by atoms with Crippen molar-refractivity contribution in [2.24, 2.45) is 5.92 Å². The van der Waals surface area contributed by atoms with Crippen LogP contribution in [0.15, 0.2) is 18.3 Å². The van der Waals surface area contributed by atoms with E-state index in [0.29, 0.717) is 41.6 Å². The van der Waals surface area contributed by atoms with Crippen LogP contribution in [-0.2, 0) is 22.2 Å². The van der Waals surface area contributed by atoms with Gasteiger partial charge in [-0.2, -0.15) is 18.2 Å². The molecule has 3 heterocycles. The molecule has 1 aliphatic heterocycles. The molecule has 2 aromatic heterocycles. The molecule has 0 radical (unpaired) electrons. The number of likely N-dealkylation sites (N-methyl/N-ethyl adjacent to an activating group) is 1. The monoisotopic (exact) mass is 491 g/mol. The summed E-state index contributed by atoms with van der Waals surface area (Å²) in [7, 11) is 1.85. The molecule has 0 aromatic carbocycles. The standard InChI is InChI=1S/C23H28F3N7O2/c1-11(2)19-21(35)31-18-12(3)28-22(32-20(18)33(19)4)30-15-8-14(9-15)29-17(34)7-13-5-6-16(27-10-13)23(24,25)26/h5-6,10-11,14-15,19H,7-9H2,1-4H3,(H,29,34)(H,31,35)(H,28,30,32)/t14?,15?,19-/m0/s1. The molecule has 0 unspecified atom stereocenters. The maximum absolute atomic E-state index is 12.6. The summed E-state index contributed by atoms with van der Waals surface area (Å²) < 4.78 is 37.8. The minimum Gasteiger partial charge on any atom is -0.353 e. The highest BCUT2D eigenvalue weighted by Gasteiger charge is 2.36. The molecule has 0 saturated heterocycles. The number of aryl methyl sites for hydroxylation is 1. The molecule has 9 nitrogen and oxygen atoms in total. The lowest BCUT2D eigenvalue weighted by atomic mass is 9.86. The van der Waals surface area contributed by atoms with Crippen molar-refractivity contribution in [3.05, 3.63) is 35.3 Å².